The van der Waals surface area contributed by atoms with Gasteiger partial charge in [0.15, 0.2) is 0 Å². The highest BCUT2D eigenvalue weighted by Gasteiger charge is 2.21. The Morgan fingerprint density at radius 2 is 2.12 bits per heavy atom. The lowest BCUT2D eigenvalue weighted by Crippen LogP contribution is -2.20. The molecule has 1 fully saturated rings. The normalized spacial score (nSPS) is 18.5. The fraction of sp³-hybridized carbons (Fsp3) is 0.571. The van der Waals surface area contributed by atoms with Gasteiger partial charge in [-0.05, 0) is 59.7 Å². The Balaban J connectivity index is 2.10. The summed E-state index contributed by atoms with van der Waals surface area (Å²) < 4.78 is 14.1. The molecule has 1 unspecified atom stereocenters. The Kier molecular flexibility index (Phi) is 4.79. The molecule has 17 heavy (non-hydrogen) atoms. The number of benzene rings is 1. The molecular weight excluding hydrogens is 328 g/mol. The summed E-state index contributed by atoms with van der Waals surface area (Å²) in [7, 11) is 2.00. The minimum Gasteiger partial charge on any atom is -0.313 e. The molecule has 94 valence electrons. The molecule has 0 bridgehead atoms. The largest absolute Gasteiger partial charge is 0.313 e. The molecule has 2 rings (SSSR count). The zero-order chi connectivity index (χ0) is 12.3. The van der Waals surface area contributed by atoms with Gasteiger partial charge in [0.1, 0.15) is 5.82 Å². The third-order valence-electron chi connectivity index (χ3n) is 3.73. The maximum absolute atomic E-state index is 13.1. The first-order chi connectivity index (χ1) is 8.20. The third-order valence-corrected chi connectivity index (χ3v) is 4.66. The van der Waals surface area contributed by atoms with E-state index in [1.807, 2.05) is 13.1 Å². The van der Waals surface area contributed by atoms with E-state index in [-0.39, 0.29) is 5.82 Å². The predicted octanol–water partition coefficient (Wildman–Crippen LogP) is 4.27. The van der Waals surface area contributed by atoms with Crippen molar-refractivity contribution in [2.24, 2.45) is 5.92 Å². The summed E-state index contributed by atoms with van der Waals surface area (Å²) in [5.74, 6) is 0.696. The van der Waals surface area contributed by atoms with Crippen LogP contribution in [0.15, 0.2) is 18.2 Å². The van der Waals surface area contributed by atoms with Crippen molar-refractivity contribution in [3.05, 3.63) is 33.1 Å². The molecule has 0 aromatic heterocycles. The molecular formula is C14H19FIN. The van der Waals surface area contributed by atoms with Crippen LogP contribution in [0.4, 0.5) is 4.39 Å². The molecule has 1 aromatic rings. The molecule has 0 radical (unpaired) electrons. The number of hydrogen-bond acceptors (Lipinski definition) is 1. The molecule has 1 saturated carbocycles. The van der Waals surface area contributed by atoms with Crippen molar-refractivity contribution in [3.8, 4) is 0 Å². The highest BCUT2D eigenvalue weighted by molar-refractivity contribution is 14.1. The highest BCUT2D eigenvalue weighted by Crippen LogP contribution is 2.34. The first kappa shape index (κ1) is 13.3. The smallest absolute Gasteiger partial charge is 0.124 e. The Morgan fingerprint density at radius 1 is 1.41 bits per heavy atom. The second-order valence-corrected chi connectivity index (χ2v) is 6.06. The Morgan fingerprint density at radius 3 is 2.71 bits per heavy atom. The van der Waals surface area contributed by atoms with E-state index >= 15 is 0 Å². The lowest BCUT2D eigenvalue weighted by Gasteiger charge is -2.21. The van der Waals surface area contributed by atoms with E-state index in [1.54, 1.807) is 12.1 Å². The maximum Gasteiger partial charge on any atom is 0.124 e. The van der Waals surface area contributed by atoms with E-state index in [9.17, 15) is 4.39 Å². The highest BCUT2D eigenvalue weighted by atomic mass is 127. The number of hydrogen-bond donors (Lipinski definition) is 1. The van der Waals surface area contributed by atoms with E-state index in [0.29, 0.717) is 6.04 Å². The van der Waals surface area contributed by atoms with E-state index in [1.165, 1.54) is 37.7 Å². The molecule has 1 N–H and O–H groups in total. The molecule has 1 nitrogen and oxygen atoms in total. The molecule has 1 aliphatic carbocycles. The second-order valence-electron chi connectivity index (χ2n) is 4.89. The van der Waals surface area contributed by atoms with Crippen LogP contribution in [0.3, 0.4) is 0 Å². The molecule has 1 atom stereocenters. The van der Waals surface area contributed by atoms with Crippen LogP contribution in [-0.2, 0) is 0 Å². The summed E-state index contributed by atoms with van der Waals surface area (Å²) >= 11 is 2.23. The topological polar surface area (TPSA) is 12.0 Å². The van der Waals surface area contributed by atoms with Crippen LogP contribution < -0.4 is 5.32 Å². The average Bonchev–Trinajstić information content (AvgIpc) is 2.79. The van der Waals surface area contributed by atoms with Crippen LogP contribution in [0.25, 0.3) is 0 Å². The number of halogens is 2. The fourth-order valence-corrected chi connectivity index (χ4v) is 3.62. The maximum atomic E-state index is 13.1. The van der Waals surface area contributed by atoms with Gasteiger partial charge in [0.25, 0.3) is 0 Å². The van der Waals surface area contributed by atoms with Crippen LogP contribution in [-0.4, -0.2) is 7.05 Å². The second kappa shape index (κ2) is 6.14. The van der Waals surface area contributed by atoms with Gasteiger partial charge in [-0.3, -0.25) is 0 Å². The summed E-state index contributed by atoms with van der Waals surface area (Å²) in [4.78, 5) is 0. The minimum absolute atomic E-state index is 0.145. The molecule has 0 aliphatic heterocycles. The quantitative estimate of drug-likeness (QED) is 0.802. The van der Waals surface area contributed by atoms with E-state index < -0.39 is 0 Å². The van der Waals surface area contributed by atoms with E-state index in [4.69, 9.17) is 0 Å². The lowest BCUT2D eigenvalue weighted by atomic mass is 9.94. The van der Waals surface area contributed by atoms with Gasteiger partial charge in [-0.2, -0.15) is 0 Å². The van der Waals surface area contributed by atoms with Gasteiger partial charge < -0.3 is 5.32 Å². The number of rotatable bonds is 4. The molecule has 0 spiro atoms. The standard InChI is InChI=1S/C14H19FIN/c1-17-14(8-10-4-2-3-5-10)12-7-6-11(15)9-13(12)16/h6-7,9-10,14,17H,2-5,8H2,1H3. The van der Waals surface area contributed by atoms with Crippen LogP contribution in [0.5, 0.6) is 0 Å². The molecule has 0 heterocycles. The Labute approximate surface area is 116 Å². The summed E-state index contributed by atoms with van der Waals surface area (Å²) in [5, 5.41) is 3.38. The van der Waals surface area contributed by atoms with Gasteiger partial charge in [0.2, 0.25) is 0 Å². The number of nitrogens with one attached hydrogen (secondary N) is 1. The fourth-order valence-electron chi connectivity index (χ4n) is 2.76. The van der Waals surface area contributed by atoms with E-state index in [2.05, 4.69) is 27.9 Å². The predicted molar refractivity (Wildman–Crippen MR) is 77.5 cm³/mol. The van der Waals surface area contributed by atoms with Gasteiger partial charge in [-0.1, -0.05) is 31.7 Å². The van der Waals surface area contributed by atoms with Crippen molar-refractivity contribution in [1.29, 1.82) is 0 Å². The third kappa shape index (κ3) is 3.41. The SMILES string of the molecule is CNC(CC1CCCC1)c1ccc(F)cc1I. The average molecular weight is 347 g/mol. The molecule has 0 amide bonds. The van der Waals surface area contributed by atoms with Gasteiger partial charge in [-0.25, -0.2) is 4.39 Å². The van der Waals surface area contributed by atoms with Crippen molar-refractivity contribution in [1.82, 2.24) is 5.32 Å². The van der Waals surface area contributed by atoms with Crippen molar-refractivity contribution >= 4 is 22.6 Å². The van der Waals surface area contributed by atoms with Gasteiger partial charge in [-0.15, -0.1) is 0 Å². The van der Waals surface area contributed by atoms with Gasteiger partial charge in [0, 0.05) is 9.61 Å². The molecule has 1 aliphatic rings. The van der Waals surface area contributed by atoms with E-state index in [0.717, 1.165) is 9.49 Å². The first-order valence-corrected chi connectivity index (χ1v) is 7.41. The molecule has 0 saturated heterocycles. The molecule has 3 heteroatoms. The van der Waals surface area contributed by atoms with Crippen LogP contribution in [0, 0.1) is 15.3 Å². The minimum atomic E-state index is -0.145. The van der Waals surface area contributed by atoms with Crippen LogP contribution >= 0.6 is 22.6 Å². The molecule has 1 aromatic carbocycles. The van der Waals surface area contributed by atoms with Crippen molar-refractivity contribution in [2.45, 2.75) is 38.1 Å². The Hall–Kier alpha value is -0.160. The van der Waals surface area contributed by atoms with Crippen molar-refractivity contribution < 1.29 is 4.39 Å². The summed E-state index contributed by atoms with van der Waals surface area (Å²) in [6.07, 6.45) is 6.65. The monoisotopic (exact) mass is 347 g/mol. The van der Waals surface area contributed by atoms with Crippen LogP contribution in [0.2, 0.25) is 0 Å². The summed E-state index contributed by atoms with van der Waals surface area (Å²) in [6.45, 7) is 0. The van der Waals surface area contributed by atoms with Crippen molar-refractivity contribution in [3.63, 3.8) is 0 Å². The summed E-state index contributed by atoms with van der Waals surface area (Å²) in [5.41, 5.74) is 1.24. The van der Waals surface area contributed by atoms with Crippen LogP contribution in [0.1, 0.15) is 43.7 Å². The Bertz CT molecular complexity index is 374. The van der Waals surface area contributed by atoms with Crippen molar-refractivity contribution in [2.75, 3.05) is 7.05 Å². The summed E-state index contributed by atoms with van der Waals surface area (Å²) in [6, 6.07) is 5.48. The lowest BCUT2D eigenvalue weighted by molar-refractivity contribution is 0.412. The zero-order valence-electron chi connectivity index (χ0n) is 10.2. The first-order valence-electron chi connectivity index (χ1n) is 6.33. The van der Waals surface area contributed by atoms with Gasteiger partial charge >= 0.3 is 0 Å². The zero-order valence-corrected chi connectivity index (χ0v) is 12.3. The van der Waals surface area contributed by atoms with Gasteiger partial charge in [0.05, 0.1) is 0 Å².